The first kappa shape index (κ1) is 6.21. The number of rotatable bonds is 0. The lowest BCUT2D eigenvalue weighted by atomic mass is 9.68. The van der Waals surface area contributed by atoms with Gasteiger partial charge in [-0.05, 0) is 31.1 Å². The van der Waals surface area contributed by atoms with E-state index in [2.05, 4.69) is 15.9 Å². The highest BCUT2D eigenvalue weighted by Gasteiger charge is 2.45. The zero-order valence-corrected chi connectivity index (χ0v) is 7.28. The van der Waals surface area contributed by atoms with Gasteiger partial charge >= 0.3 is 0 Å². The van der Waals surface area contributed by atoms with Gasteiger partial charge in [-0.15, -0.1) is 0 Å². The third-order valence-electron chi connectivity index (χ3n) is 3.15. The topological polar surface area (TPSA) is 0 Å². The summed E-state index contributed by atoms with van der Waals surface area (Å²) in [7, 11) is 0. The Balaban J connectivity index is 2.09. The molecule has 0 heterocycles. The number of hydrogen-bond acceptors (Lipinski definition) is 0. The Labute approximate surface area is 65.1 Å². The molecule has 1 spiro atoms. The maximum atomic E-state index is 3.77. The maximum absolute atomic E-state index is 3.77. The van der Waals surface area contributed by atoms with Crippen LogP contribution in [0.15, 0.2) is 0 Å². The summed E-state index contributed by atoms with van der Waals surface area (Å²) in [4.78, 5) is 0.874. The van der Waals surface area contributed by atoms with Gasteiger partial charge in [-0.25, -0.2) is 0 Å². The zero-order chi connectivity index (χ0) is 6.32. The molecule has 0 aromatic rings. The first-order valence-corrected chi connectivity index (χ1v) is 4.89. The zero-order valence-electron chi connectivity index (χ0n) is 5.70. The smallest absolute Gasteiger partial charge is 0.0202 e. The molecule has 2 fully saturated rings. The molecule has 52 valence electrons. The van der Waals surface area contributed by atoms with Gasteiger partial charge in [0.1, 0.15) is 0 Å². The van der Waals surface area contributed by atoms with E-state index in [0.717, 1.165) is 10.2 Å². The molecule has 1 unspecified atom stereocenters. The van der Waals surface area contributed by atoms with Crippen molar-refractivity contribution in [3.05, 3.63) is 0 Å². The normalized spacial score (nSPS) is 39.0. The van der Waals surface area contributed by atoms with Gasteiger partial charge in [-0.2, -0.15) is 0 Å². The molecule has 0 N–H and O–H groups in total. The highest BCUT2D eigenvalue weighted by Crippen LogP contribution is 2.55. The molecule has 0 nitrogen and oxygen atoms in total. The number of halogens is 1. The van der Waals surface area contributed by atoms with Crippen molar-refractivity contribution in [2.45, 2.75) is 43.4 Å². The van der Waals surface area contributed by atoms with Crippen LogP contribution in [0.2, 0.25) is 0 Å². The van der Waals surface area contributed by atoms with Gasteiger partial charge in [0.05, 0.1) is 0 Å². The van der Waals surface area contributed by atoms with E-state index in [0.29, 0.717) is 0 Å². The molecule has 1 atom stereocenters. The Morgan fingerprint density at radius 2 is 1.78 bits per heavy atom. The van der Waals surface area contributed by atoms with Crippen molar-refractivity contribution in [2.75, 3.05) is 0 Å². The van der Waals surface area contributed by atoms with Crippen LogP contribution >= 0.6 is 15.9 Å². The van der Waals surface area contributed by atoms with Crippen molar-refractivity contribution < 1.29 is 0 Å². The molecule has 0 amide bonds. The summed E-state index contributed by atoms with van der Waals surface area (Å²) in [6.45, 7) is 0. The average molecular weight is 189 g/mol. The van der Waals surface area contributed by atoms with Crippen molar-refractivity contribution in [3.8, 4) is 0 Å². The van der Waals surface area contributed by atoms with Crippen LogP contribution < -0.4 is 0 Å². The molecule has 2 rings (SSSR count). The molecule has 9 heavy (non-hydrogen) atoms. The van der Waals surface area contributed by atoms with E-state index < -0.39 is 0 Å². The third kappa shape index (κ3) is 0.772. The first-order valence-electron chi connectivity index (χ1n) is 3.98. The van der Waals surface area contributed by atoms with Crippen LogP contribution in [0.3, 0.4) is 0 Å². The third-order valence-corrected chi connectivity index (χ3v) is 4.58. The fourth-order valence-electron chi connectivity index (χ4n) is 2.29. The van der Waals surface area contributed by atoms with Gasteiger partial charge in [0.15, 0.2) is 0 Å². The van der Waals surface area contributed by atoms with Crippen LogP contribution in [-0.4, -0.2) is 4.83 Å². The van der Waals surface area contributed by atoms with Crippen molar-refractivity contribution >= 4 is 15.9 Å². The SMILES string of the molecule is BrC1CCCC12CCC2. The summed E-state index contributed by atoms with van der Waals surface area (Å²) >= 11 is 3.77. The second-order valence-corrected chi connectivity index (χ2v) is 4.68. The largest absolute Gasteiger partial charge is 0.0885 e. The highest BCUT2D eigenvalue weighted by molar-refractivity contribution is 9.09. The quantitative estimate of drug-likeness (QED) is 0.513. The second kappa shape index (κ2) is 1.98. The molecule has 2 saturated carbocycles. The molecular formula is C8H13Br. The Kier molecular flexibility index (Phi) is 1.37. The summed E-state index contributed by atoms with van der Waals surface area (Å²) in [5, 5.41) is 0. The predicted octanol–water partition coefficient (Wildman–Crippen LogP) is 3.10. The van der Waals surface area contributed by atoms with E-state index in [-0.39, 0.29) is 0 Å². The van der Waals surface area contributed by atoms with Crippen LogP contribution in [0.1, 0.15) is 38.5 Å². The standard InChI is InChI=1S/C8H13Br/c9-7-3-1-4-8(7)5-2-6-8/h7H,1-6H2. The second-order valence-electron chi connectivity index (χ2n) is 3.58. The minimum absolute atomic E-state index is 0.792. The van der Waals surface area contributed by atoms with Crippen LogP contribution in [0.25, 0.3) is 0 Å². The van der Waals surface area contributed by atoms with Gasteiger partial charge < -0.3 is 0 Å². The molecule has 2 aliphatic carbocycles. The van der Waals surface area contributed by atoms with E-state index in [1.807, 2.05) is 0 Å². The molecule has 0 aromatic carbocycles. The van der Waals surface area contributed by atoms with Crippen molar-refractivity contribution in [1.82, 2.24) is 0 Å². The Hall–Kier alpha value is 0.480. The fraction of sp³-hybridized carbons (Fsp3) is 1.00. The molecule has 0 radical (unpaired) electrons. The lowest BCUT2D eigenvalue weighted by Crippen LogP contribution is -2.33. The molecule has 1 heteroatoms. The minimum atomic E-state index is 0.792. The molecule has 0 saturated heterocycles. The van der Waals surface area contributed by atoms with E-state index in [4.69, 9.17) is 0 Å². The summed E-state index contributed by atoms with van der Waals surface area (Å²) in [6.07, 6.45) is 8.90. The summed E-state index contributed by atoms with van der Waals surface area (Å²) in [6, 6.07) is 0. The molecular weight excluding hydrogens is 176 g/mol. The monoisotopic (exact) mass is 188 g/mol. The minimum Gasteiger partial charge on any atom is -0.0885 e. The van der Waals surface area contributed by atoms with E-state index in [1.165, 1.54) is 38.5 Å². The Bertz CT molecular complexity index is 116. The van der Waals surface area contributed by atoms with Crippen molar-refractivity contribution in [3.63, 3.8) is 0 Å². The van der Waals surface area contributed by atoms with E-state index >= 15 is 0 Å². The highest BCUT2D eigenvalue weighted by atomic mass is 79.9. The van der Waals surface area contributed by atoms with Gasteiger partial charge in [-0.1, -0.05) is 28.8 Å². The van der Waals surface area contributed by atoms with Crippen molar-refractivity contribution in [1.29, 1.82) is 0 Å². The van der Waals surface area contributed by atoms with Gasteiger partial charge in [-0.3, -0.25) is 0 Å². The van der Waals surface area contributed by atoms with Crippen LogP contribution in [0.4, 0.5) is 0 Å². The molecule has 0 bridgehead atoms. The average Bonchev–Trinajstić information content (AvgIpc) is 2.07. The van der Waals surface area contributed by atoms with Crippen LogP contribution in [-0.2, 0) is 0 Å². The van der Waals surface area contributed by atoms with Gasteiger partial charge in [0.25, 0.3) is 0 Å². The van der Waals surface area contributed by atoms with E-state index in [1.54, 1.807) is 0 Å². The van der Waals surface area contributed by atoms with Crippen LogP contribution in [0, 0.1) is 5.41 Å². The summed E-state index contributed by atoms with van der Waals surface area (Å²) in [5.74, 6) is 0. The first-order chi connectivity index (χ1) is 4.33. The number of alkyl halides is 1. The summed E-state index contributed by atoms with van der Waals surface area (Å²) in [5.41, 5.74) is 0.792. The molecule has 0 aliphatic heterocycles. The number of hydrogen-bond donors (Lipinski definition) is 0. The fourth-order valence-corrected chi connectivity index (χ4v) is 3.30. The maximum Gasteiger partial charge on any atom is 0.0202 e. The molecule has 2 aliphatic rings. The molecule has 0 aromatic heterocycles. The van der Waals surface area contributed by atoms with Crippen LogP contribution in [0.5, 0.6) is 0 Å². The van der Waals surface area contributed by atoms with Gasteiger partial charge in [0.2, 0.25) is 0 Å². The predicted molar refractivity (Wildman–Crippen MR) is 42.9 cm³/mol. The van der Waals surface area contributed by atoms with Crippen molar-refractivity contribution in [2.24, 2.45) is 5.41 Å². The van der Waals surface area contributed by atoms with Gasteiger partial charge in [0, 0.05) is 4.83 Å². The lowest BCUT2D eigenvalue weighted by Gasteiger charge is -2.41. The summed E-state index contributed by atoms with van der Waals surface area (Å²) < 4.78 is 0. The Morgan fingerprint density at radius 1 is 1.11 bits per heavy atom. The lowest BCUT2D eigenvalue weighted by molar-refractivity contribution is 0.153. The Morgan fingerprint density at radius 3 is 2.00 bits per heavy atom. The van der Waals surface area contributed by atoms with E-state index in [9.17, 15) is 0 Å².